The molecule has 124 valence electrons. The number of nitrogens with zero attached hydrogens (tertiary/aromatic N) is 3. The van der Waals surface area contributed by atoms with E-state index in [0.29, 0.717) is 17.6 Å². The number of amides is 1. The number of carbonyl (C=O) groups excluding carboxylic acids is 1. The Morgan fingerprint density at radius 1 is 1.43 bits per heavy atom. The summed E-state index contributed by atoms with van der Waals surface area (Å²) >= 11 is 11.0. The van der Waals surface area contributed by atoms with Crippen LogP contribution in [-0.2, 0) is 11.5 Å². The summed E-state index contributed by atoms with van der Waals surface area (Å²) in [5.74, 6) is 0.377. The van der Waals surface area contributed by atoms with Crippen LogP contribution in [0.2, 0.25) is 5.02 Å². The number of nitrogens with one attached hydrogen (secondary N) is 1. The first-order valence-electron chi connectivity index (χ1n) is 7.17. The van der Waals surface area contributed by atoms with Crippen molar-refractivity contribution >= 4 is 29.7 Å². The second-order valence-electron chi connectivity index (χ2n) is 5.56. The van der Waals surface area contributed by atoms with Crippen molar-refractivity contribution in [2.24, 2.45) is 0 Å². The highest BCUT2D eigenvalue weighted by molar-refractivity contribution is 7.71. The van der Waals surface area contributed by atoms with E-state index in [9.17, 15) is 4.79 Å². The largest absolute Gasteiger partial charge is 0.409 e. The molecule has 0 unspecified atom stereocenters. The summed E-state index contributed by atoms with van der Waals surface area (Å²) in [6, 6.07) is 7.26. The number of hydrogen-bond acceptors (Lipinski definition) is 5. The first-order valence-corrected chi connectivity index (χ1v) is 7.95. The van der Waals surface area contributed by atoms with Gasteiger partial charge in [0.1, 0.15) is 0 Å². The highest BCUT2D eigenvalue weighted by Gasteiger charge is 2.12. The smallest absolute Gasteiger partial charge is 0.288 e. The molecule has 0 radical (unpaired) electrons. The minimum absolute atomic E-state index is 0.0459. The SMILES string of the molecule is CC(C)NC(=O)CN(C)Cn1nc(-c2ccc(Cl)cc2)oc1=S. The average molecular weight is 355 g/mol. The topological polar surface area (TPSA) is 63.3 Å². The lowest BCUT2D eigenvalue weighted by atomic mass is 10.2. The maximum Gasteiger partial charge on any atom is 0.288 e. The Morgan fingerprint density at radius 3 is 2.70 bits per heavy atom. The first-order chi connectivity index (χ1) is 10.8. The number of aromatic nitrogens is 2. The van der Waals surface area contributed by atoms with Gasteiger partial charge >= 0.3 is 0 Å². The molecule has 0 aliphatic heterocycles. The van der Waals surface area contributed by atoms with Gasteiger partial charge in [-0.1, -0.05) is 11.6 Å². The number of halogens is 1. The molecular weight excluding hydrogens is 336 g/mol. The van der Waals surface area contributed by atoms with E-state index in [1.807, 2.05) is 37.9 Å². The molecule has 1 aromatic heterocycles. The minimum Gasteiger partial charge on any atom is -0.409 e. The summed E-state index contributed by atoms with van der Waals surface area (Å²) in [5.41, 5.74) is 0.791. The summed E-state index contributed by atoms with van der Waals surface area (Å²) < 4.78 is 7.05. The molecule has 0 fully saturated rings. The van der Waals surface area contributed by atoms with Gasteiger partial charge in [-0.2, -0.15) is 0 Å². The number of hydrogen-bond donors (Lipinski definition) is 1. The Hall–Kier alpha value is -1.70. The maximum absolute atomic E-state index is 11.8. The van der Waals surface area contributed by atoms with E-state index in [-0.39, 0.29) is 23.3 Å². The molecule has 1 heterocycles. The summed E-state index contributed by atoms with van der Waals surface area (Å²) in [4.78, 5) is 13.8. The van der Waals surface area contributed by atoms with Crippen LogP contribution < -0.4 is 5.32 Å². The summed E-state index contributed by atoms with van der Waals surface area (Å²) in [7, 11) is 1.82. The third kappa shape index (κ3) is 5.16. The van der Waals surface area contributed by atoms with E-state index >= 15 is 0 Å². The zero-order chi connectivity index (χ0) is 17.0. The van der Waals surface area contributed by atoms with Crippen molar-refractivity contribution in [2.75, 3.05) is 13.6 Å². The second kappa shape index (κ2) is 7.72. The molecule has 0 atom stereocenters. The Balaban J connectivity index is 2.05. The minimum atomic E-state index is -0.0459. The van der Waals surface area contributed by atoms with Crippen LogP contribution in [0.4, 0.5) is 0 Å². The third-order valence-electron chi connectivity index (χ3n) is 2.94. The molecule has 8 heteroatoms. The predicted octanol–water partition coefficient (Wildman–Crippen LogP) is 2.94. The molecule has 2 aromatic rings. The molecule has 0 saturated heterocycles. The van der Waals surface area contributed by atoms with Crippen molar-refractivity contribution in [1.82, 2.24) is 20.0 Å². The summed E-state index contributed by atoms with van der Waals surface area (Å²) in [6.07, 6.45) is 0. The van der Waals surface area contributed by atoms with E-state index in [1.165, 1.54) is 0 Å². The van der Waals surface area contributed by atoms with E-state index in [0.717, 1.165) is 5.56 Å². The molecule has 1 N–H and O–H groups in total. The highest BCUT2D eigenvalue weighted by Crippen LogP contribution is 2.20. The molecule has 0 aliphatic carbocycles. The van der Waals surface area contributed by atoms with Gasteiger partial charge < -0.3 is 9.73 Å². The molecule has 1 aromatic carbocycles. The molecule has 0 aliphatic rings. The zero-order valence-corrected chi connectivity index (χ0v) is 14.8. The monoisotopic (exact) mass is 354 g/mol. The van der Waals surface area contributed by atoms with Crippen LogP contribution in [0.15, 0.2) is 28.7 Å². The van der Waals surface area contributed by atoms with Crippen LogP contribution in [0.25, 0.3) is 11.5 Å². The Morgan fingerprint density at radius 2 is 2.09 bits per heavy atom. The highest BCUT2D eigenvalue weighted by atomic mass is 35.5. The predicted molar refractivity (Wildman–Crippen MR) is 91.7 cm³/mol. The van der Waals surface area contributed by atoms with Crippen LogP contribution in [0, 0.1) is 4.84 Å². The standard InChI is InChI=1S/C15H19ClN4O2S/c1-10(2)17-13(21)8-19(3)9-20-15(23)22-14(18-20)11-4-6-12(16)7-5-11/h4-7,10H,8-9H2,1-3H3,(H,17,21). The van der Waals surface area contributed by atoms with Crippen molar-refractivity contribution in [3.8, 4) is 11.5 Å². The number of carbonyl (C=O) groups is 1. The maximum atomic E-state index is 11.8. The van der Waals surface area contributed by atoms with Crippen LogP contribution >= 0.6 is 23.8 Å². The van der Waals surface area contributed by atoms with Gasteiger partial charge in [0.15, 0.2) is 0 Å². The molecule has 23 heavy (non-hydrogen) atoms. The van der Waals surface area contributed by atoms with E-state index in [1.54, 1.807) is 16.8 Å². The molecular formula is C15H19ClN4O2S. The lowest BCUT2D eigenvalue weighted by Gasteiger charge is -2.16. The summed E-state index contributed by atoms with van der Waals surface area (Å²) in [5, 5.41) is 7.83. The molecule has 0 saturated carbocycles. The van der Waals surface area contributed by atoms with Gasteiger partial charge in [-0.25, -0.2) is 4.68 Å². The van der Waals surface area contributed by atoms with Gasteiger partial charge in [-0.3, -0.25) is 9.69 Å². The Kier molecular flexibility index (Phi) is 5.92. The van der Waals surface area contributed by atoms with Crippen LogP contribution in [0.3, 0.4) is 0 Å². The van der Waals surface area contributed by atoms with Gasteiger partial charge in [0.25, 0.3) is 4.84 Å². The van der Waals surface area contributed by atoms with Gasteiger partial charge in [0.2, 0.25) is 11.8 Å². The first kappa shape index (κ1) is 17.7. The third-order valence-corrected chi connectivity index (χ3v) is 3.48. The Bertz CT molecular complexity index is 724. The van der Waals surface area contributed by atoms with E-state index < -0.39 is 0 Å². The lowest BCUT2D eigenvalue weighted by molar-refractivity contribution is -0.122. The fraction of sp³-hybridized carbons (Fsp3) is 0.400. The molecule has 2 rings (SSSR count). The van der Waals surface area contributed by atoms with Gasteiger partial charge in [-0.05, 0) is 57.4 Å². The van der Waals surface area contributed by atoms with E-state index in [4.69, 9.17) is 28.2 Å². The quantitative estimate of drug-likeness (QED) is 0.808. The number of benzene rings is 1. The fourth-order valence-corrected chi connectivity index (χ4v) is 2.30. The lowest BCUT2D eigenvalue weighted by Crippen LogP contribution is -2.39. The molecule has 1 amide bonds. The van der Waals surface area contributed by atoms with E-state index in [2.05, 4.69) is 10.4 Å². The van der Waals surface area contributed by atoms with Crippen LogP contribution in [-0.4, -0.2) is 40.2 Å². The van der Waals surface area contributed by atoms with Crippen molar-refractivity contribution in [3.63, 3.8) is 0 Å². The number of likely N-dealkylation sites (N-methyl/N-ethyl adjacent to an activating group) is 1. The molecule has 6 nitrogen and oxygen atoms in total. The summed E-state index contributed by atoms with van der Waals surface area (Å²) in [6.45, 7) is 4.46. The normalized spacial score (nSPS) is 11.2. The molecule has 0 bridgehead atoms. The van der Waals surface area contributed by atoms with Gasteiger partial charge in [-0.15, -0.1) is 5.10 Å². The average Bonchev–Trinajstić information content (AvgIpc) is 2.79. The Labute approximate surface area is 145 Å². The number of rotatable bonds is 6. The van der Waals surface area contributed by atoms with Crippen molar-refractivity contribution in [3.05, 3.63) is 34.1 Å². The van der Waals surface area contributed by atoms with Crippen LogP contribution in [0.5, 0.6) is 0 Å². The van der Waals surface area contributed by atoms with Gasteiger partial charge in [0, 0.05) is 16.6 Å². The molecule has 0 spiro atoms. The van der Waals surface area contributed by atoms with Crippen molar-refractivity contribution in [2.45, 2.75) is 26.6 Å². The zero-order valence-electron chi connectivity index (χ0n) is 13.2. The van der Waals surface area contributed by atoms with Gasteiger partial charge in [0.05, 0.1) is 13.2 Å². The second-order valence-corrected chi connectivity index (χ2v) is 6.34. The van der Waals surface area contributed by atoms with Crippen LogP contribution in [0.1, 0.15) is 13.8 Å². The fourth-order valence-electron chi connectivity index (χ4n) is 2.00. The van der Waals surface area contributed by atoms with Crippen molar-refractivity contribution in [1.29, 1.82) is 0 Å². The van der Waals surface area contributed by atoms with Crippen molar-refractivity contribution < 1.29 is 9.21 Å².